The molecule has 0 atom stereocenters. The van der Waals surface area contributed by atoms with Crippen molar-refractivity contribution in [1.29, 1.82) is 0 Å². The number of hydrogen-bond donors (Lipinski definition) is 0. The van der Waals surface area contributed by atoms with Gasteiger partial charge in [0, 0.05) is 11.6 Å². The van der Waals surface area contributed by atoms with E-state index in [1.165, 1.54) is 12.3 Å². The van der Waals surface area contributed by atoms with Crippen LogP contribution in [-0.4, -0.2) is 11.3 Å². The van der Waals surface area contributed by atoms with Crippen LogP contribution in [0.5, 0.6) is 5.75 Å². The molecular formula is C15H16F3NO. The quantitative estimate of drug-likeness (QED) is 0.805. The monoisotopic (exact) mass is 283 g/mol. The van der Waals surface area contributed by atoms with Gasteiger partial charge in [0.25, 0.3) is 0 Å². The summed E-state index contributed by atoms with van der Waals surface area (Å²) in [4.78, 5) is 4.06. The summed E-state index contributed by atoms with van der Waals surface area (Å²) in [5.74, 6) is -0.0271. The molecule has 2 nitrogen and oxygen atoms in total. The van der Waals surface area contributed by atoms with Gasteiger partial charge in [0.2, 0.25) is 0 Å². The van der Waals surface area contributed by atoms with E-state index >= 15 is 0 Å². The van der Waals surface area contributed by atoms with Gasteiger partial charge >= 0.3 is 6.36 Å². The first kappa shape index (κ1) is 14.6. The maximum atomic E-state index is 12.5. The van der Waals surface area contributed by atoms with Gasteiger partial charge in [-0.05, 0) is 41.7 Å². The number of aromatic nitrogens is 1. The van der Waals surface area contributed by atoms with E-state index in [0.717, 1.165) is 16.5 Å². The molecular weight excluding hydrogens is 267 g/mol. The van der Waals surface area contributed by atoms with Crippen LogP contribution in [0.15, 0.2) is 24.4 Å². The summed E-state index contributed by atoms with van der Waals surface area (Å²) in [6.07, 6.45) is -2.56. The number of hydrogen-bond acceptors (Lipinski definition) is 2. The molecule has 0 unspecified atom stereocenters. The second-order valence-corrected chi connectivity index (χ2v) is 4.95. The fourth-order valence-corrected chi connectivity index (χ4v) is 2.21. The molecule has 1 heterocycles. The molecule has 0 saturated carbocycles. The Morgan fingerprint density at radius 2 is 1.95 bits per heavy atom. The third-order valence-electron chi connectivity index (χ3n) is 3.16. The number of alkyl halides is 3. The summed E-state index contributed by atoms with van der Waals surface area (Å²) in [7, 11) is 0. The maximum Gasteiger partial charge on any atom is 0.573 e. The second kappa shape index (κ2) is 5.31. The van der Waals surface area contributed by atoms with Crippen LogP contribution in [-0.2, 0) is 6.42 Å². The predicted octanol–water partition coefficient (Wildman–Crippen LogP) is 4.82. The molecule has 0 aliphatic rings. The topological polar surface area (TPSA) is 22.1 Å². The van der Waals surface area contributed by atoms with Crippen LogP contribution in [0, 0.1) is 0 Å². The van der Waals surface area contributed by atoms with Gasteiger partial charge < -0.3 is 4.74 Å². The summed E-state index contributed by atoms with van der Waals surface area (Å²) in [5, 5.41) is 0.723. The Bertz CT molecular complexity index is 620. The molecule has 1 aromatic heterocycles. The second-order valence-electron chi connectivity index (χ2n) is 4.95. The van der Waals surface area contributed by atoms with Crippen molar-refractivity contribution < 1.29 is 17.9 Å². The van der Waals surface area contributed by atoms with Gasteiger partial charge in [0.15, 0.2) is 5.75 Å². The molecule has 0 aliphatic carbocycles. The zero-order chi connectivity index (χ0) is 14.9. The normalized spacial score (nSPS) is 12.2. The number of benzene rings is 1. The maximum absolute atomic E-state index is 12.5. The Morgan fingerprint density at radius 3 is 2.50 bits per heavy atom. The van der Waals surface area contributed by atoms with Crippen molar-refractivity contribution in [2.45, 2.75) is 39.5 Å². The first-order chi connectivity index (χ1) is 9.31. The minimum Gasteiger partial charge on any atom is -0.403 e. The van der Waals surface area contributed by atoms with Crippen LogP contribution in [0.25, 0.3) is 10.9 Å². The van der Waals surface area contributed by atoms with Crippen molar-refractivity contribution in [2.75, 3.05) is 0 Å². The molecule has 0 spiro atoms. The molecule has 0 amide bonds. The fraction of sp³-hybridized carbons (Fsp3) is 0.400. The van der Waals surface area contributed by atoms with Crippen LogP contribution < -0.4 is 4.74 Å². The zero-order valence-electron chi connectivity index (χ0n) is 11.6. The van der Waals surface area contributed by atoms with E-state index in [2.05, 4.69) is 9.72 Å². The molecule has 0 radical (unpaired) electrons. The highest BCUT2D eigenvalue weighted by Crippen LogP contribution is 2.34. The highest BCUT2D eigenvalue weighted by Gasteiger charge is 2.32. The molecule has 0 saturated heterocycles. The standard InChI is InChI=1S/C15H16F3NO/c1-4-10-7-12-11(9(2)3)5-6-19-14(12)13(8-10)20-15(16,17)18/h5-9H,4H2,1-3H3. The Hall–Kier alpha value is -1.78. The number of halogens is 3. The molecule has 0 bridgehead atoms. The lowest BCUT2D eigenvalue weighted by molar-refractivity contribution is -0.274. The van der Waals surface area contributed by atoms with Crippen molar-refractivity contribution in [3.05, 3.63) is 35.5 Å². The Labute approximate surface area is 115 Å². The van der Waals surface area contributed by atoms with Gasteiger partial charge in [-0.25, -0.2) is 0 Å². The molecule has 2 rings (SSSR count). The number of rotatable bonds is 3. The van der Waals surface area contributed by atoms with Crippen LogP contribution in [0.4, 0.5) is 13.2 Å². The van der Waals surface area contributed by atoms with Gasteiger partial charge in [-0.1, -0.05) is 20.8 Å². The molecule has 0 N–H and O–H groups in total. The smallest absolute Gasteiger partial charge is 0.403 e. The van der Waals surface area contributed by atoms with E-state index in [4.69, 9.17) is 0 Å². The van der Waals surface area contributed by atoms with Crippen molar-refractivity contribution in [3.8, 4) is 5.75 Å². The van der Waals surface area contributed by atoms with Crippen LogP contribution in [0.1, 0.15) is 37.8 Å². The summed E-state index contributed by atoms with van der Waals surface area (Å²) in [6.45, 7) is 5.89. The lowest BCUT2D eigenvalue weighted by Crippen LogP contribution is -2.17. The average Bonchev–Trinajstić information content (AvgIpc) is 2.35. The van der Waals surface area contributed by atoms with Gasteiger partial charge in [-0.2, -0.15) is 0 Å². The molecule has 20 heavy (non-hydrogen) atoms. The number of fused-ring (bicyclic) bond motifs is 1. The summed E-state index contributed by atoms with van der Waals surface area (Å²) in [6, 6.07) is 5.14. The minimum absolute atomic E-state index is 0.200. The average molecular weight is 283 g/mol. The van der Waals surface area contributed by atoms with Crippen molar-refractivity contribution >= 4 is 10.9 Å². The fourth-order valence-electron chi connectivity index (χ4n) is 2.21. The van der Waals surface area contributed by atoms with Gasteiger partial charge in [-0.3, -0.25) is 4.98 Å². The molecule has 1 aromatic carbocycles. The summed E-state index contributed by atoms with van der Waals surface area (Å²) in [5.41, 5.74) is 2.02. The SMILES string of the molecule is CCc1cc(OC(F)(F)F)c2nccc(C(C)C)c2c1. The summed E-state index contributed by atoms with van der Waals surface area (Å²) >= 11 is 0. The highest BCUT2D eigenvalue weighted by molar-refractivity contribution is 5.88. The Morgan fingerprint density at radius 1 is 1.25 bits per heavy atom. The third kappa shape index (κ3) is 3.03. The largest absolute Gasteiger partial charge is 0.573 e. The summed E-state index contributed by atoms with van der Waals surface area (Å²) < 4.78 is 41.7. The van der Waals surface area contributed by atoms with Gasteiger partial charge in [0.1, 0.15) is 5.52 Å². The van der Waals surface area contributed by atoms with Gasteiger partial charge in [0.05, 0.1) is 0 Å². The Kier molecular flexibility index (Phi) is 3.88. The van der Waals surface area contributed by atoms with Gasteiger partial charge in [-0.15, -0.1) is 13.2 Å². The molecule has 108 valence electrons. The first-order valence-corrected chi connectivity index (χ1v) is 6.49. The number of nitrogens with zero attached hydrogens (tertiary/aromatic N) is 1. The third-order valence-corrected chi connectivity index (χ3v) is 3.16. The minimum atomic E-state index is -4.71. The lowest BCUT2D eigenvalue weighted by atomic mass is 9.97. The molecule has 0 fully saturated rings. The molecule has 0 aliphatic heterocycles. The first-order valence-electron chi connectivity index (χ1n) is 6.49. The van der Waals surface area contributed by atoms with Crippen molar-refractivity contribution in [3.63, 3.8) is 0 Å². The van der Waals surface area contributed by atoms with E-state index in [9.17, 15) is 13.2 Å². The van der Waals surface area contributed by atoms with Crippen LogP contribution >= 0.6 is 0 Å². The molecule has 5 heteroatoms. The van der Waals surface area contributed by atoms with Crippen molar-refractivity contribution in [1.82, 2.24) is 4.98 Å². The zero-order valence-corrected chi connectivity index (χ0v) is 11.6. The van der Waals surface area contributed by atoms with E-state index in [0.29, 0.717) is 6.42 Å². The van der Waals surface area contributed by atoms with Crippen LogP contribution in [0.3, 0.4) is 0 Å². The lowest BCUT2D eigenvalue weighted by Gasteiger charge is -2.15. The molecule has 2 aromatic rings. The number of ether oxygens (including phenoxy) is 1. The van der Waals surface area contributed by atoms with E-state index in [-0.39, 0.29) is 17.2 Å². The van der Waals surface area contributed by atoms with E-state index in [1.54, 1.807) is 0 Å². The highest BCUT2D eigenvalue weighted by atomic mass is 19.4. The van der Waals surface area contributed by atoms with Crippen LogP contribution in [0.2, 0.25) is 0 Å². The van der Waals surface area contributed by atoms with Crippen molar-refractivity contribution in [2.24, 2.45) is 0 Å². The number of aryl methyl sites for hydroxylation is 1. The van der Waals surface area contributed by atoms with E-state index in [1.807, 2.05) is 32.9 Å². The van der Waals surface area contributed by atoms with E-state index < -0.39 is 6.36 Å². The Balaban J connectivity index is 2.70. The predicted molar refractivity (Wildman–Crippen MR) is 71.9 cm³/mol. The number of pyridine rings is 1.